The molecule has 0 unspecified atom stereocenters. The van der Waals surface area contributed by atoms with E-state index in [-0.39, 0.29) is 16.8 Å². The molecule has 0 radical (unpaired) electrons. The number of nitrogens with one attached hydrogen (secondary N) is 1. The molecule has 1 amide bonds. The first-order valence-corrected chi connectivity index (χ1v) is 10.0. The van der Waals surface area contributed by atoms with Crippen LogP contribution >= 0.6 is 23.2 Å². The number of aromatic nitrogens is 2. The van der Waals surface area contributed by atoms with Gasteiger partial charge in [0, 0.05) is 5.02 Å². The number of carbonyl (C=O) groups is 1. The zero-order chi connectivity index (χ0) is 19.6. The number of hydrogen-bond donors (Lipinski definition) is 1. The first-order chi connectivity index (χ1) is 12.7. The molecule has 2 aromatic carbocycles. The Bertz CT molecular complexity index is 1100. The van der Waals surface area contributed by atoms with Crippen LogP contribution in [0.15, 0.2) is 51.8 Å². The molecule has 0 saturated carbocycles. The zero-order valence-corrected chi connectivity index (χ0v) is 16.3. The molecule has 1 N–H and O–H groups in total. The third-order valence-electron chi connectivity index (χ3n) is 3.53. The Hall–Kier alpha value is -2.42. The first-order valence-electron chi connectivity index (χ1n) is 7.63. The van der Waals surface area contributed by atoms with Gasteiger partial charge in [0.1, 0.15) is 5.75 Å². The van der Waals surface area contributed by atoms with Crippen molar-refractivity contribution in [2.75, 3.05) is 11.1 Å². The van der Waals surface area contributed by atoms with Crippen LogP contribution in [0.1, 0.15) is 5.56 Å². The second-order valence-corrected chi connectivity index (χ2v) is 8.49. The van der Waals surface area contributed by atoms with Crippen LogP contribution < -0.4 is 5.32 Å². The SMILES string of the molecule is Cc1ccc(S(=O)(=O)CC(=O)Nc2nnc(-c3cc(Cl)ccc3Cl)o2)cc1. The van der Waals surface area contributed by atoms with Crippen LogP contribution in [0.4, 0.5) is 6.01 Å². The van der Waals surface area contributed by atoms with Gasteiger partial charge < -0.3 is 4.42 Å². The molecule has 10 heteroatoms. The summed E-state index contributed by atoms with van der Waals surface area (Å²) in [6.45, 7) is 1.84. The van der Waals surface area contributed by atoms with Crippen molar-refractivity contribution in [3.63, 3.8) is 0 Å². The summed E-state index contributed by atoms with van der Waals surface area (Å²) in [5.41, 5.74) is 1.31. The molecule has 1 aromatic heterocycles. The van der Waals surface area contributed by atoms with Gasteiger partial charge in [0.25, 0.3) is 5.89 Å². The maximum absolute atomic E-state index is 12.3. The molecular weight excluding hydrogens is 413 g/mol. The van der Waals surface area contributed by atoms with Crippen molar-refractivity contribution < 1.29 is 17.6 Å². The summed E-state index contributed by atoms with van der Waals surface area (Å²) in [5.74, 6) is -1.52. The van der Waals surface area contributed by atoms with Gasteiger partial charge in [-0.3, -0.25) is 10.1 Å². The fourth-order valence-corrected chi connectivity index (χ4v) is 3.71. The van der Waals surface area contributed by atoms with Crippen LogP contribution in [-0.4, -0.2) is 30.3 Å². The van der Waals surface area contributed by atoms with Crippen molar-refractivity contribution in [3.8, 4) is 11.5 Å². The molecule has 0 aliphatic heterocycles. The van der Waals surface area contributed by atoms with Crippen molar-refractivity contribution in [3.05, 3.63) is 58.1 Å². The molecule has 0 aliphatic rings. The Morgan fingerprint density at radius 3 is 2.52 bits per heavy atom. The number of sulfone groups is 1. The Labute approximate surface area is 165 Å². The van der Waals surface area contributed by atoms with Gasteiger partial charge in [-0.25, -0.2) is 8.42 Å². The van der Waals surface area contributed by atoms with E-state index < -0.39 is 21.5 Å². The van der Waals surface area contributed by atoms with Gasteiger partial charge >= 0.3 is 6.01 Å². The highest BCUT2D eigenvalue weighted by molar-refractivity contribution is 7.92. The number of carbonyl (C=O) groups excluding carboxylic acids is 1. The molecule has 0 atom stereocenters. The molecule has 0 bridgehead atoms. The summed E-state index contributed by atoms with van der Waals surface area (Å²) in [5, 5.41) is 10.5. The number of nitrogens with zero attached hydrogens (tertiary/aromatic N) is 2. The molecule has 140 valence electrons. The highest BCUT2D eigenvalue weighted by Gasteiger charge is 2.21. The largest absolute Gasteiger partial charge is 0.403 e. The predicted octanol–water partition coefficient (Wildman–Crippen LogP) is 3.76. The number of hydrogen-bond acceptors (Lipinski definition) is 6. The molecule has 3 aromatic rings. The molecule has 0 saturated heterocycles. The van der Waals surface area contributed by atoms with Crippen molar-refractivity contribution in [2.24, 2.45) is 0 Å². The Morgan fingerprint density at radius 1 is 1.11 bits per heavy atom. The second-order valence-electron chi connectivity index (χ2n) is 5.66. The van der Waals surface area contributed by atoms with Gasteiger partial charge in [-0.1, -0.05) is 46.0 Å². The lowest BCUT2D eigenvalue weighted by Gasteiger charge is -2.04. The Morgan fingerprint density at radius 2 is 1.81 bits per heavy atom. The fourth-order valence-electron chi connectivity index (χ4n) is 2.20. The van der Waals surface area contributed by atoms with Crippen molar-refractivity contribution in [1.29, 1.82) is 0 Å². The van der Waals surface area contributed by atoms with Crippen LogP contribution in [0, 0.1) is 6.92 Å². The molecule has 27 heavy (non-hydrogen) atoms. The monoisotopic (exact) mass is 425 g/mol. The molecule has 7 nitrogen and oxygen atoms in total. The lowest BCUT2D eigenvalue weighted by atomic mass is 10.2. The number of anilines is 1. The number of aryl methyl sites for hydroxylation is 1. The predicted molar refractivity (Wildman–Crippen MR) is 102 cm³/mol. The molecule has 0 fully saturated rings. The summed E-state index contributed by atoms with van der Waals surface area (Å²) < 4.78 is 29.9. The van der Waals surface area contributed by atoms with Crippen LogP contribution in [0.3, 0.4) is 0 Å². The van der Waals surface area contributed by atoms with E-state index in [1.165, 1.54) is 18.2 Å². The Balaban J connectivity index is 1.73. The maximum atomic E-state index is 12.3. The normalized spacial score (nSPS) is 11.4. The van der Waals surface area contributed by atoms with Crippen LogP contribution in [-0.2, 0) is 14.6 Å². The van der Waals surface area contributed by atoms with Gasteiger partial charge in [-0.2, -0.15) is 0 Å². The molecule has 0 spiro atoms. The minimum atomic E-state index is -3.79. The highest BCUT2D eigenvalue weighted by atomic mass is 35.5. The fraction of sp³-hybridized carbons (Fsp3) is 0.118. The van der Waals surface area contributed by atoms with Crippen molar-refractivity contribution in [2.45, 2.75) is 11.8 Å². The average molecular weight is 426 g/mol. The van der Waals surface area contributed by atoms with E-state index in [2.05, 4.69) is 15.5 Å². The number of rotatable bonds is 5. The minimum Gasteiger partial charge on any atom is -0.403 e. The molecule has 0 aliphatic carbocycles. The quantitative estimate of drug-likeness (QED) is 0.667. The molecular formula is C17H13Cl2N3O4S. The molecule has 1 heterocycles. The number of amides is 1. The van der Waals surface area contributed by atoms with Crippen molar-refractivity contribution >= 4 is 45.0 Å². The van der Waals surface area contributed by atoms with E-state index in [1.807, 2.05) is 6.92 Å². The minimum absolute atomic E-state index is 0.0409. The zero-order valence-electron chi connectivity index (χ0n) is 13.9. The third-order valence-corrected chi connectivity index (χ3v) is 5.73. The van der Waals surface area contributed by atoms with Gasteiger partial charge in [-0.15, -0.1) is 5.10 Å². The summed E-state index contributed by atoms with van der Waals surface area (Å²) in [4.78, 5) is 12.1. The van der Waals surface area contributed by atoms with Crippen molar-refractivity contribution in [1.82, 2.24) is 10.2 Å². The topological polar surface area (TPSA) is 102 Å². The maximum Gasteiger partial charge on any atom is 0.322 e. The van der Waals surface area contributed by atoms with Crippen LogP contribution in [0.2, 0.25) is 10.0 Å². The summed E-state index contributed by atoms with van der Waals surface area (Å²) in [7, 11) is -3.79. The van der Waals surface area contributed by atoms with Gasteiger partial charge in [0.05, 0.1) is 15.5 Å². The van der Waals surface area contributed by atoms with E-state index >= 15 is 0 Å². The lowest BCUT2D eigenvalue weighted by molar-refractivity contribution is -0.114. The van der Waals surface area contributed by atoms with Crippen LogP contribution in [0.5, 0.6) is 0 Å². The molecule has 3 rings (SSSR count). The Kier molecular flexibility index (Phi) is 5.50. The second kappa shape index (κ2) is 7.67. The standard InChI is InChI=1S/C17H13Cl2N3O4S/c1-10-2-5-12(6-3-10)27(24,25)9-15(23)20-17-22-21-16(26-17)13-8-11(18)4-7-14(13)19/h2-8H,9H2,1H3,(H,20,22,23). The summed E-state index contributed by atoms with van der Waals surface area (Å²) in [6, 6.07) is 10.7. The van der Waals surface area contributed by atoms with Crippen LogP contribution in [0.25, 0.3) is 11.5 Å². The summed E-state index contributed by atoms with van der Waals surface area (Å²) in [6.07, 6.45) is 0. The highest BCUT2D eigenvalue weighted by Crippen LogP contribution is 2.30. The first kappa shape index (κ1) is 19.3. The smallest absolute Gasteiger partial charge is 0.322 e. The van der Waals surface area contributed by atoms with E-state index in [0.717, 1.165) is 5.56 Å². The van der Waals surface area contributed by atoms with Gasteiger partial charge in [0.2, 0.25) is 5.91 Å². The van der Waals surface area contributed by atoms with Gasteiger partial charge in [0.15, 0.2) is 9.84 Å². The lowest BCUT2D eigenvalue weighted by Crippen LogP contribution is -2.23. The summed E-state index contributed by atoms with van der Waals surface area (Å²) >= 11 is 12.0. The van der Waals surface area contributed by atoms with E-state index in [1.54, 1.807) is 24.3 Å². The number of benzene rings is 2. The van der Waals surface area contributed by atoms with E-state index in [9.17, 15) is 13.2 Å². The van der Waals surface area contributed by atoms with E-state index in [0.29, 0.717) is 15.6 Å². The van der Waals surface area contributed by atoms with E-state index in [4.69, 9.17) is 27.6 Å². The van der Waals surface area contributed by atoms with Gasteiger partial charge in [-0.05, 0) is 37.3 Å². The number of halogens is 2. The average Bonchev–Trinajstić information content (AvgIpc) is 3.05. The third kappa shape index (κ3) is 4.65.